The van der Waals surface area contributed by atoms with Gasteiger partial charge in [-0.15, -0.1) is 0 Å². The summed E-state index contributed by atoms with van der Waals surface area (Å²) in [7, 11) is 3.05. The van der Waals surface area contributed by atoms with E-state index in [-0.39, 0.29) is 29.7 Å². The second kappa shape index (κ2) is 8.07. The molecule has 3 aliphatic carbocycles. The molecule has 3 aliphatic rings. The Bertz CT molecular complexity index is 1290. The quantitative estimate of drug-likeness (QED) is 0.240. The molecule has 35 heavy (non-hydrogen) atoms. The fourth-order valence-corrected chi connectivity index (χ4v) is 5.60. The highest BCUT2D eigenvalue weighted by Gasteiger charge is 2.64. The topological polar surface area (TPSA) is 204 Å². The molecule has 1 aromatic carbocycles. The average molecular weight is 483 g/mol. The Labute approximate surface area is 199 Å². The number of hydrogen-bond donors (Lipinski definition) is 6. The van der Waals surface area contributed by atoms with Gasteiger partial charge in [0.1, 0.15) is 22.8 Å². The number of phenolic OH excluding ortho intramolecular Hbond substituents is 1. The van der Waals surface area contributed by atoms with Gasteiger partial charge in [-0.25, -0.2) is 0 Å². The van der Waals surface area contributed by atoms with Gasteiger partial charge in [-0.2, -0.15) is 0 Å². The Hall–Kier alpha value is -3.96. The first kappa shape index (κ1) is 24.2. The monoisotopic (exact) mass is 483 g/mol. The predicted molar refractivity (Wildman–Crippen MR) is 122 cm³/mol. The number of hydrogen-bond acceptors (Lipinski definition) is 9. The highest BCUT2D eigenvalue weighted by Crippen LogP contribution is 2.52. The second-order valence-corrected chi connectivity index (χ2v) is 9.22. The zero-order valence-electron chi connectivity index (χ0n) is 19.0. The molecule has 0 heterocycles. The summed E-state index contributed by atoms with van der Waals surface area (Å²) in [4.78, 5) is 51.4. The molecule has 1 saturated carbocycles. The summed E-state index contributed by atoms with van der Waals surface area (Å²) < 4.78 is 0. The van der Waals surface area contributed by atoms with Gasteiger partial charge in [0.2, 0.25) is 11.7 Å². The Kier molecular flexibility index (Phi) is 5.57. The largest absolute Gasteiger partial charge is 0.508 e. The van der Waals surface area contributed by atoms with Gasteiger partial charge in [0.15, 0.2) is 11.4 Å². The Balaban J connectivity index is 1.96. The van der Waals surface area contributed by atoms with Crippen LogP contribution in [0.2, 0.25) is 0 Å². The number of aromatic hydroxyl groups is 1. The van der Waals surface area contributed by atoms with Crippen LogP contribution in [0.15, 0.2) is 35.1 Å². The van der Waals surface area contributed by atoms with Crippen LogP contribution in [0, 0.1) is 11.8 Å². The SMILES string of the molecule is CN(C)C1C(=O)C(C(N)=O)=C(O)C2(O)C(=O)C3=C(O)c4c(O)ccc(/C=C/C(N)=O)c4CC3CC12. The van der Waals surface area contributed by atoms with Crippen LogP contribution >= 0.6 is 0 Å². The van der Waals surface area contributed by atoms with Gasteiger partial charge >= 0.3 is 0 Å². The average Bonchev–Trinajstić information content (AvgIpc) is 2.75. The summed E-state index contributed by atoms with van der Waals surface area (Å²) >= 11 is 0. The summed E-state index contributed by atoms with van der Waals surface area (Å²) in [5, 5.41) is 43.9. The first-order chi connectivity index (χ1) is 16.3. The lowest BCUT2D eigenvalue weighted by atomic mass is 9.57. The Morgan fingerprint density at radius 2 is 1.80 bits per heavy atom. The lowest BCUT2D eigenvalue weighted by Gasteiger charge is -2.50. The maximum absolute atomic E-state index is 13.7. The van der Waals surface area contributed by atoms with Crippen molar-refractivity contribution in [3.8, 4) is 5.75 Å². The van der Waals surface area contributed by atoms with Crippen LogP contribution in [0.4, 0.5) is 0 Å². The number of carbonyl (C=O) groups excluding carboxylic acids is 4. The number of primary amides is 2. The number of fused-ring (bicyclic) bond motifs is 3. The second-order valence-electron chi connectivity index (χ2n) is 9.22. The number of nitrogens with two attached hydrogens (primary N) is 2. The zero-order chi connectivity index (χ0) is 26.0. The number of amides is 2. The molecule has 11 heteroatoms. The van der Waals surface area contributed by atoms with Gasteiger partial charge in [0.25, 0.3) is 5.91 Å². The number of aliphatic hydroxyl groups excluding tert-OH is 2. The minimum atomic E-state index is -2.69. The number of rotatable bonds is 4. The van der Waals surface area contributed by atoms with Gasteiger partial charge in [-0.1, -0.05) is 6.07 Å². The van der Waals surface area contributed by atoms with Gasteiger partial charge in [0.05, 0.1) is 11.6 Å². The number of nitrogens with zero attached hydrogens (tertiary/aromatic N) is 1. The number of Topliss-reactive ketones (excluding diaryl/α,β-unsaturated/α-hetero) is 2. The summed E-state index contributed by atoms with van der Waals surface area (Å²) in [6, 6.07) is 1.63. The number of ketones is 2. The molecule has 1 fully saturated rings. The fourth-order valence-electron chi connectivity index (χ4n) is 5.60. The van der Waals surface area contributed by atoms with Gasteiger partial charge in [0, 0.05) is 17.6 Å². The van der Waals surface area contributed by atoms with Crippen molar-refractivity contribution in [2.24, 2.45) is 23.3 Å². The molecule has 0 saturated heterocycles. The van der Waals surface area contributed by atoms with Crippen LogP contribution < -0.4 is 11.5 Å². The van der Waals surface area contributed by atoms with Crippen molar-refractivity contribution in [3.05, 3.63) is 51.8 Å². The Morgan fingerprint density at radius 1 is 1.14 bits per heavy atom. The number of likely N-dealkylation sites (N-methyl/N-ethyl adjacent to an activating group) is 1. The first-order valence-electron chi connectivity index (χ1n) is 10.8. The molecular formula is C24H25N3O8. The van der Waals surface area contributed by atoms with E-state index in [1.807, 2.05) is 0 Å². The summed E-state index contributed by atoms with van der Waals surface area (Å²) in [6.45, 7) is 0. The third-order valence-electron chi connectivity index (χ3n) is 7.07. The number of benzene rings is 1. The van der Waals surface area contributed by atoms with Gasteiger partial charge < -0.3 is 31.9 Å². The van der Waals surface area contributed by atoms with Crippen LogP contribution in [0.25, 0.3) is 11.8 Å². The predicted octanol–water partition coefficient (Wildman–Crippen LogP) is -0.537. The zero-order valence-corrected chi connectivity index (χ0v) is 19.0. The van der Waals surface area contributed by atoms with E-state index in [1.165, 1.54) is 37.2 Å². The third-order valence-corrected chi connectivity index (χ3v) is 7.07. The molecule has 0 radical (unpaired) electrons. The number of carbonyl (C=O) groups is 4. The van der Waals surface area contributed by atoms with E-state index in [1.54, 1.807) is 0 Å². The molecule has 11 nitrogen and oxygen atoms in total. The maximum atomic E-state index is 13.7. The molecule has 4 unspecified atom stereocenters. The highest BCUT2D eigenvalue weighted by atomic mass is 16.3. The molecule has 0 spiro atoms. The van der Waals surface area contributed by atoms with Gasteiger partial charge in [-0.3, -0.25) is 24.1 Å². The molecule has 1 aromatic rings. The van der Waals surface area contributed by atoms with Gasteiger partial charge in [-0.05, 0) is 56.1 Å². The minimum Gasteiger partial charge on any atom is -0.508 e. The van der Waals surface area contributed by atoms with E-state index >= 15 is 0 Å². The third kappa shape index (κ3) is 3.34. The van der Waals surface area contributed by atoms with E-state index in [2.05, 4.69) is 0 Å². The molecule has 0 aromatic heterocycles. The number of phenols is 1. The molecule has 184 valence electrons. The van der Waals surface area contributed by atoms with Crippen LogP contribution in [0.1, 0.15) is 23.1 Å². The normalized spacial score (nSPS) is 28.3. The standard InChI is InChI=1S/C24H25N3O8/c1-27(2)18-12-8-10-7-11-9(4-6-14(25)29)3-5-13(28)16(11)19(30)15(10)21(32)24(12,35)22(33)17(20(18)31)23(26)34/h3-6,10,12,18,28,30,33,35H,7-8H2,1-2H3,(H2,25,29)(H2,26,34)/b6-4+. The molecule has 8 N–H and O–H groups in total. The van der Waals surface area contributed by atoms with E-state index in [0.29, 0.717) is 11.1 Å². The lowest BCUT2D eigenvalue weighted by molar-refractivity contribution is -0.153. The summed E-state index contributed by atoms with van der Waals surface area (Å²) in [6.07, 6.45) is 2.62. The minimum absolute atomic E-state index is 0.0274. The lowest BCUT2D eigenvalue weighted by Crippen LogP contribution is -2.65. The fraction of sp³-hybridized carbons (Fsp3) is 0.333. The van der Waals surface area contributed by atoms with Crippen LogP contribution in [-0.4, -0.2) is 74.4 Å². The van der Waals surface area contributed by atoms with Crippen molar-refractivity contribution in [2.75, 3.05) is 14.1 Å². The number of aliphatic hydroxyl groups is 3. The van der Waals surface area contributed by atoms with Crippen molar-refractivity contribution in [1.82, 2.24) is 4.90 Å². The highest BCUT2D eigenvalue weighted by molar-refractivity contribution is 6.24. The van der Waals surface area contributed by atoms with Crippen molar-refractivity contribution in [1.29, 1.82) is 0 Å². The summed E-state index contributed by atoms with van der Waals surface area (Å²) in [5.41, 5.74) is 7.52. The van der Waals surface area contributed by atoms with Crippen molar-refractivity contribution >= 4 is 35.2 Å². The molecule has 0 aliphatic heterocycles. The molecule has 4 rings (SSSR count). The summed E-state index contributed by atoms with van der Waals surface area (Å²) in [5.74, 6) is -7.87. The van der Waals surface area contributed by atoms with E-state index in [4.69, 9.17) is 11.5 Å². The Morgan fingerprint density at radius 3 is 2.37 bits per heavy atom. The molecule has 2 amide bonds. The molecule has 4 atom stereocenters. The first-order valence-corrected chi connectivity index (χ1v) is 10.8. The van der Waals surface area contributed by atoms with Crippen molar-refractivity contribution in [3.63, 3.8) is 0 Å². The van der Waals surface area contributed by atoms with E-state index in [0.717, 1.165) is 6.08 Å². The van der Waals surface area contributed by atoms with Crippen LogP contribution in [-0.2, 0) is 25.6 Å². The van der Waals surface area contributed by atoms with E-state index < -0.39 is 64.0 Å². The van der Waals surface area contributed by atoms with Crippen LogP contribution in [0.5, 0.6) is 5.75 Å². The molecule has 0 bridgehead atoms. The molecular weight excluding hydrogens is 458 g/mol. The maximum Gasteiger partial charge on any atom is 0.255 e. The van der Waals surface area contributed by atoms with E-state index in [9.17, 15) is 39.6 Å². The smallest absolute Gasteiger partial charge is 0.255 e. The van der Waals surface area contributed by atoms with Crippen molar-refractivity contribution in [2.45, 2.75) is 24.5 Å². The van der Waals surface area contributed by atoms with Crippen LogP contribution in [0.3, 0.4) is 0 Å². The van der Waals surface area contributed by atoms with Crippen molar-refractivity contribution < 1.29 is 39.6 Å².